The molecule has 8 heteroatoms. The molecule has 1 fully saturated rings. The number of rotatable bonds is 7. The van der Waals surface area contributed by atoms with Gasteiger partial charge in [-0.2, -0.15) is 5.10 Å². The van der Waals surface area contributed by atoms with Crippen molar-refractivity contribution >= 4 is 15.8 Å². The topological polar surface area (TPSA) is 75.5 Å². The molecule has 1 radical (unpaired) electrons. The number of carbonyl (C=O) groups excluding carboxylic acids is 1. The summed E-state index contributed by atoms with van der Waals surface area (Å²) in [6.07, 6.45) is 5.15. The first-order valence-electron chi connectivity index (χ1n) is 9.13. The molecule has 0 unspecified atom stereocenters. The lowest BCUT2D eigenvalue weighted by Gasteiger charge is -2.19. The van der Waals surface area contributed by atoms with Gasteiger partial charge in [0.2, 0.25) is 10.0 Å². The number of ketones is 1. The van der Waals surface area contributed by atoms with Crippen LogP contribution in [0.5, 0.6) is 0 Å². The van der Waals surface area contributed by atoms with Crippen molar-refractivity contribution in [3.8, 4) is 0 Å². The predicted octanol–water partition coefficient (Wildman–Crippen LogP) is 1.27. The Balaban J connectivity index is 1.56. The fourth-order valence-corrected chi connectivity index (χ4v) is 4.55. The Bertz CT molecular complexity index is 864. The molecule has 27 heavy (non-hydrogen) atoms. The summed E-state index contributed by atoms with van der Waals surface area (Å²) in [5.74, 6) is -0.419. The maximum absolute atomic E-state index is 12.6. The Morgan fingerprint density at radius 2 is 1.93 bits per heavy atom. The van der Waals surface area contributed by atoms with Crippen molar-refractivity contribution < 1.29 is 13.2 Å². The summed E-state index contributed by atoms with van der Waals surface area (Å²) >= 11 is 0. The van der Waals surface area contributed by atoms with Gasteiger partial charge in [-0.25, -0.2) is 12.7 Å². The number of Topliss-reactive ketones (excluding diaryl/α,β-unsaturated/α-hetero) is 1. The molecule has 145 valence electrons. The smallest absolute Gasteiger partial charge is 0.214 e. The minimum Gasteiger partial charge on any atom is -0.305 e. The van der Waals surface area contributed by atoms with Crippen molar-refractivity contribution in [2.75, 3.05) is 39.0 Å². The van der Waals surface area contributed by atoms with Gasteiger partial charge in [0.05, 0.1) is 30.3 Å². The number of sulfonamides is 1. The van der Waals surface area contributed by atoms with E-state index in [-0.39, 0.29) is 18.0 Å². The zero-order valence-corrected chi connectivity index (χ0v) is 16.4. The SMILES string of the molecule is CN1CCCN(S(=O)(=O)CCC(=O)c2[c]n(Cc3ccccc3)nc2)CC1. The van der Waals surface area contributed by atoms with Gasteiger partial charge in [0.25, 0.3) is 0 Å². The maximum Gasteiger partial charge on any atom is 0.214 e. The van der Waals surface area contributed by atoms with E-state index in [1.54, 1.807) is 4.68 Å². The quantitative estimate of drug-likeness (QED) is 0.667. The predicted molar refractivity (Wildman–Crippen MR) is 103 cm³/mol. The molecule has 1 aromatic carbocycles. The molecule has 1 aromatic heterocycles. The molecule has 0 bridgehead atoms. The van der Waals surface area contributed by atoms with Crippen LogP contribution in [0, 0.1) is 6.20 Å². The molecule has 0 N–H and O–H groups in total. The maximum atomic E-state index is 12.6. The lowest BCUT2D eigenvalue weighted by atomic mass is 10.2. The van der Waals surface area contributed by atoms with Crippen LogP contribution in [0.4, 0.5) is 0 Å². The van der Waals surface area contributed by atoms with E-state index in [1.807, 2.05) is 37.4 Å². The zero-order chi connectivity index (χ0) is 19.3. The van der Waals surface area contributed by atoms with E-state index in [1.165, 1.54) is 10.5 Å². The molecule has 1 aliphatic rings. The van der Waals surface area contributed by atoms with E-state index in [0.29, 0.717) is 31.7 Å². The Labute approximate surface area is 160 Å². The largest absolute Gasteiger partial charge is 0.305 e. The second-order valence-corrected chi connectivity index (χ2v) is 8.95. The van der Waals surface area contributed by atoms with Crippen LogP contribution in [0.25, 0.3) is 0 Å². The normalized spacial score (nSPS) is 16.9. The molecular weight excluding hydrogens is 364 g/mol. The van der Waals surface area contributed by atoms with Gasteiger partial charge in [-0.1, -0.05) is 30.3 Å². The van der Waals surface area contributed by atoms with E-state index >= 15 is 0 Å². The van der Waals surface area contributed by atoms with Crippen molar-refractivity contribution in [2.45, 2.75) is 19.4 Å². The molecule has 1 saturated heterocycles. The molecule has 2 heterocycles. The summed E-state index contributed by atoms with van der Waals surface area (Å²) < 4.78 is 28.2. The number of carbonyl (C=O) groups is 1. The monoisotopic (exact) mass is 389 g/mol. The summed E-state index contributed by atoms with van der Waals surface area (Å²) in [5.41, 5.74) is 1.39. The van der Waals surface area contributed by atoms with E-state index in [2.05, 4.69) is 16.2 Å². The number of benzene rings is 1. The van der Waals surface area contributed by atoms with Gasteiger partial charge in [0.1, 0.15) is 0 Å². The number of nitrogens with zero attached hydrogens (tertiary/aromatic N) is 4. The third-order valence-electron chi connectivity index (χ3n) is 4.71. The van der Waals surface area contributed by atoms with Crippen LogP contribution in [0.1, 0.15) is 28.8 Å². The molecular formula is C19H25N4O3S. The van der Waals surface area contributed by atoms with Crippen LogP contribution in [-0.4, -0.2) is 72.2 Å². The number of aromatic nitrogens is 2. The molecule has 0 amide bonds. The molecule has 0 aliphatic carbocycles. The second kappa shape index (κ2) is 8.77. The third-order valence-corrected chi connectivity index (χ3v) is 6.58. The highest BCUT2D eigenvalue weighted by Gasteiger charge is 2.25. The van der Waals surface area contributed by atoms with Crippen molar-refractivity contribution in [1.29, 1.82) is 0 Å². The average Bonchev–Trinajstić information content (AvgIpc) is 3.00. The van der Waals surface area contributed by atoms with E-state index < -0.39 is 10.0 Å². The summed E-state index contributed by atoms with van der Waals surface area (Å²) in [7, 11) is -1.44. The molecule has 0 saturated carbocycles. The fourth-order valence-electron chi connectivity index (χ4n) is 3.08. The molecule has 0 atom stereocenters. The summed E-state index contributed by atoms with van der Waals surface area (Å²) in [6, 6.07) is 9.77. The lowest BCUT2D eigenvalue weighted by molar-refractivity contribution is 0.0988. The van der Waals surface area contributed by atoms with Crippen LogP contribution < -0.4 is 0 Å². The van der Waals surface area contributed by atoms with Crippen LogP contribution in [0.3, 0.4) is 0 Å². The van der Waals surface area contributed by atoms with Gasteiger partial charge in [-0.05, 0) is 25.6 Å². The highest BCUT2D eigenvalue weighted by molar-refractivity contribution is 7.89. The first kappa shape index (κ1) is 19.7. The molecule has 1 aliphatic heterocycles. The Morgan fingerprint density at radius 3 is 2.70 bits per heavy atom. The van der Waals surface area contributed by atoms with Crippen molar-refractivity contribution in [2.24, 2.45) is 0 Å². The number of hydrogen-bond donors (Lipinski definition) is 0. The van der Waals surface area contributed by atoms with Crippen molar-refractivity contribution in [1.82, 2.24) is 19.0 Å². The van der Waals surface area contributed by atoms with Crippen LogP contribution in [-0.2, 0) is 16.6 Å². The van der Waals surface area contributed by atoms with Gasteiger partial charge >= 0.3 is 0 Å². The lowest BCUT2D eigenvalue weighted by Crippen LogP contribution is -2.36. The molecule has 0 spiro atoms. The highest BCUT2D eigenvalue weighted by Crippen LogP contribution is 2.11. The first-order valence-corrected chi connectivity index (χ1v) is 10.7. The molecule has 3 rings (SSSR count). The molecule has 7 nitrogen and oxygen atoms in total. The number of hydrogen-bond acceptors (Lipinski definition) is 5. The minimum atomic E-state index is -3.43. The summed E-state index contributed by atoms with van der Waals surface area (Å²) in [5, 5.41) is 4.16. The zero-order valence-electron chi connectivity index (χ0n) is 15.5. The number of likely N-dealkylation sites (N-methyl/N-ethyl adjacent to an activating group) is 1. The average molecular weight is 390 g/mol. The first-order chi connectivity index (χ1) is 12.9. The van der Waals surface area contributed by atoms with Gasteiger partial charge < -0.3 is 4.90 Å². The van der Waals surface area contributed by atoms with Crippen LogP contribution in [0.2, 0.25) is 0 Å². The summed E-state index contributed by atoms with van der Waals surface area (Å²) in [4.78, 5) is 14.5. The standard InChI is InChI=1S/C19H25N4O3S/c1-21-9-5-10-23(12-11-21)27(25,26)13-8-19(24)18-14-20-22(16-18)15-17-6-3-2-4-7-17/h2-4,6-7,14H,5,8-13,15H2,1H3. The minimum absolute atomic E-state index is 0.0534. The van der Waals surface area contributed by atoms with E-state index in [0.717, 1.165) is 18.5 Å². The highest BCUT2D eigenvalue weighted by atomic mass is 32.2. The Hall–Kier alpha value is -2.03. The van der Waals surface area contributed by atoms with Crippen LogP contribution >= 0.6 is 0 Å². The summed E-state index contributed by atoms with van der Waals surface area (Å²) in [6.45, 7) is 3.12. The van der Waals surface area contributed by atoms with E-state index in [4.69, 9.17) is 0 Å². The van der Waals surface area contributed by atoms with Crippen LogP contribution in [0.15, 0.2) is 36.5 Å². The van der Waals surface area contributed by atoms with Gasteiger partial charge in [0, 0.05) is 26.1 Å². The molecule has 2 aromatic rings. The van der Waals surface area contributed by atoms with Crippen molar-refractivity contribution in [3.05, 3.63) is 53.9 Å². The third kappa shape index (κ3) is 5.47. The van der Waals surface area contributed by atoms with Gasteiger partial charge in [-0.3, -0.25) is 9.48 Å². The second-order valence-electron chi connectivity index (χ2n) is 6.86. The Morgan fingerprint density at radius 1 is 1.15 bits per heavy atom. The fraction of sp³-hybridized carbons (Fsp3) is 0.474. The Kier molecular flexibility index (Phi) is 6.41. The van der Waals surface area contributed by atoms with Gasteiger partial charge in [0.15, 0.2) is 5.78 Å². The van der Waals surface area contributed by atoms with E-state index in [9.17, 15) is 13.2 Å². The van der Waals surface area contributed by atoms with Crippen molar-refractivity contribution in [3.63, 3.8) is 0 Å². The van der Waals surface area contributed by atoms with Gasteiger partial charge in [-0.15, -0.1) is 0 Å².